The van der Waals surface area contributed by atoms with Gasteiger partial charge in [-0.3, -0.25) is 5.10 Å². The van der Waals surface area contributed by atoms with Crippen molar-refractivity contribution >= 4 is 33.2 Å². The minimum atomic E-state index is -3.67. The fourth-order valence-corrected chi connectivity index (χ4v) is 3.47. The van der Waals surface area contributed by atoms with Crippen LogP contribution in [0.15, 0.2) is 29.4 Å². The van der Waals surface area contributed by atoms with Gasteiger partial charge in [-0.15, -0.1) is 0 Å². The first-order chi connectivity index (χ1) is 9.94. The van der Waals surface area contributed by atoms with Gasteiger partial charge in [0, 0.05) is 28.7 Å². The highest BCUT2D eigenvalue weighted by Crippen LogP contribution is 2.21. The normalized spacial score (nSPS) is 11.8. The van der Waals surface area contributed by atoms with E-state index in [4.69, 9.17) is 28.9 Å². The maximum atomic E-state index is 12.1. The monoisotopic (exact) mass is 348 g/mol. The van der Waals surface area contributed by atoms with Gasteiger partial charge in [0.05, 0.1) is 6.20 Å². The quantitative estimate of drug-likeness (QED) is 0.739. The van der Waals surface area contributed by atoms with Gasteiger partial charge in [-0.1, -0.05) is 29.3 Å². The van der Waals surface area contributed by atoms with E-state index in [-0.39, 0.29) is 18.1 Å². The van der Waals surface area contributed by atoms with Crippen molar-refractivity contribution in [3.05, 3.63) is 45.6 Å². The Kier molecular flexibility index (Phi) is 5.23. The first-order valence-electron chi connectivity index (χ1n) is 6.10. The number of halogens is 2. The van der Waals surface area contributed by atoms with Crippen LogP contribution in [0.2, 0.25) is 10.0 Å². The van der Waals surface area contributed by atoms with Gasteiger partial charge >= 0.3 is 0 Å². The summed E-state index contributed by atoms with van der Waals surface area (Å²) < 4.78 is 26.7. The van der Waals surface area contributed by atoms with Crippen LogP contribution in [0, 0.1) is 0 Å². The minimum absolute atomic E-state index is 0.00722. The number of benzene rings is 1. The van der Waals surface area contributed by atoms with Crippen LogP contribution in [0.4, 0.5) is 0 Å². The Morgan fingerprint density at radius 3 is 2.71 bits per heavy atom. The summed E-state index contributed by atoms with van der Waals surface area (Å²) in [6.07, 6.45) is 1.84. The van der Waals surface area contributed by atoms with Crippen LogP contribution in [0.1, 0.15) is 11.1 Å². The molecule has 0 atom stereocenters. The largest absolute Gasteiger partial charge is 0.326 e. The summed E-state index contributed by atoms with van der Waals surface area (Å²) in [7, 11) is -3.67. The van der Waals surface area contributed by atoms with E-state index in [9.17, 15) is 8.42 Å². The number of hydrogen-bond acceptors (Lipinski definition) is 4. The van der Waals surface area contributed by atoms with Gasteiger partial charge in [-0.05, 0) is 24.1 Å². The van der Waals surface area contributed by atoms with E-state index in [1.807, 2.05) is 0 Å². The van der Waals surface area contributed by atoms with Crippen LogP contribution in [0.25, 0.3) is 0 Å². The van der Waals surface area contributed by atoms with Crippen molar-refractivity contribution in [1.82, 2.24) is 14.9 Å². The molecular weight excluding hydrogens is 335 g/mol. The smallest absolute Gasteiger partial charge is 0.257 e. The second-order valence-electron chi connectivity index (χ2n) is 4.31. The fraction of sp³-hybridized carbons (Fsp3) is 0.250. The summed E-state index contributed by atoms with van der Waals surface area (Å²) in [5.41, 5.74) is 6.71. The molecule has 0 spiro atoms. The molecule has 114 valence electrons. The molecule has 1 aromatic carbocycles. The van der Waals surface area contributed by atoms with Gasteiger partial charge < -0.3 is 5.73 Å². The predicted molar refractivity (Wildman–Crippen MR) is 81.8 cm³/mol. The highest BCUT2D eigenvalue weighted by Gasteiger charge is 2.19. The molecule has 0 aliphatic heterocycles. The van der Waals surface area contributed by atoms with E-state index >= 15 is 0 Å². The van der Waals surface area contributed by atoms with Crippen molar-refractivity contribution < 1.29 is 8.42 Å². The second-order valence-corrected chi connectivity index (χ2v) is 6.86. The van der Waals surface area contributed by atoms with E-state index in [2.05, 4.69) is 14.9 Å². The molecule has 0 aliphatic rings. The van der Waals surface area contributed by atoms with Gasteiger partial charge in [0.1, 0.15) is 0 Å². The molecule has 0 bridgehead atoms. The molecule has 0 aliphatic carbocycles. The van der Waals surface area contributed by atoms with Crippen molar-refractivity contribution in [2.45, 2.75) is 18.0 Å². The van der Waals surface area contributed by atoms with Crippen molar-refractivity contribution in [3.63, 3.8) is 0 Å². The van der Waals surface area contributed by atoms with E-state index in [1.165, 1.54) is 6.20 Å². The molecule has 1 heterocycles. The molecule has 21 heavy (non-hydrogen) atoms. The third kappa shape index (κ3) is 3.96. The first kappa shape index (κ1) is 16.3. The summed E-state index contributed by atoms with van der Waals surface area (Å²) in [5.74, 6) is 0. The zero-order valence-corrected chi connectivity index (χ0v) is 13.3. The second kappa shape index (κ2) is 6.76. The van der Waals surface area contributed by atoms with E-state index in [0.717, 1.165) is 5.56 Å². The maximum absolute atomic E-state index is 12.1. The van der Waals surface area contributed by atoms with Crippen molar-refractivity contribution in [2.24, 2.45) is 5.73 Å². The summed E-state index contributed by atoms with van der Waals surface area (Å²) in [4.78, 5) is 0. The third-order valence-corrected chi connectivity index (χ3v) is 4.93. The van der Waals surface area contributed by atoms with Crippen molar-refractivity contribution in [3.8, 4) is 0 Å². The molecule has 1 aromatic heterocycles. The summed E-state index contributed by atoms with van der Waals surface area (Å²) >= 11 is 11.8. The Morgan fingerprint density at radius 1 is 1.29 bits per heavy atom. The molecule has 2 aromatic rings. The van der Waals surface area contributed by atoms with E-state index in [1.54, 1.807) is 18.2 Å². The molecule has 4 N–H and O–H groups in total. The first-order valence-corrected chi connectivity index (χ1v) is 8.34. The zero-order valence-electron chi connectivity index (χ0n) is 10.9. The molecule has 0 unspecified atom stereocenters. The number of nitrogens with zero attached hydrogens (tertiary/aromatic N) is 1. The molecule has 0 radical (unpaired) electrons. The summed E-state index contributed by atoms with van der Waals surface area (Å²) in [5, 5.41) is 7.16. The van der Waals surface area contributed by atoms with Crippen LogP contribution in [-0.2, 0) is 23.0 Å². The topological polar surface area (TPSA) is 101 Å². The zero-order chi connectivity index (χ0) is 15.5. The lowest BCUT2D eigenvalue weighted by Crippen LogP contribution is -2.27. The van der Waals surface area contributed by atoms with Crippen LogP contribution in [0.3, 0.4) is 0 Å². The molecule has 0 saturated carbocycles. The van der Waals surface area contributed by atoms with Gasteiger partial charge in [-0.2, -0.15) is 5.10 Å². The number of nitrogens with two attached hydrogens (primary N) is 1. The highest BCUT2D eigenvalue weighted by molar-refractivity contribution is 7.89. The minimum Gasteiger partial charge on any atom is -0.326 e. The van der Waals surface area contributed by atoms with Gasteiger partial charge in [-0.25, -0.2) is 13.1 Å². The van der Waals surface area contributed by atoms with Gasteiger partial charge in [0.15, 0.2) is 5.03 Å². The standard InChI is InChI=1S/C12H14Cl2N4O2S/c13-10-2-1-8(11(14)5-10)3-4-17-21(19,20)12-9(6-15)7-16-18-12/h1-2,5,7,17H,3-4,6,15H2,(H,16,18). The van der Waals surface area contributed by atoms with Crippen molar-refractivity contribution in [2.75, 3.05) is 6.54 Å². The number of rotatable bonds is 6. The predicted octanol–water partition coefficient (Wildman–Crippen LogP) is 1.70. The molecule has 0 amide bonds. The Morgan fingerprint density at radius 2 is 2.05 bits per heavy atom. The lowest BCUT2D eigenvalue weighted by molar-refractivity contribution is 0.576. The van der Waals surface area contributed by atoms with Gasteiger partial charge in [0.2, 0.25) is 0 Å². The third-order valence-electron chi connectivity index (χ3n) is 2.87. The van der Waals surface area contributed by atoms with Crippen LogP contribution in [0.5, 0.6) is 0 Å². The van der Waals surface area contributed by atoms with E-state index in [0.29, 0.717) is 22.0 Å². The number of H-pyrrole nitrogens is 1. The number of aromatic amines is 1. The van der Waals surface area contributed by atoms with Crippen molar-refractivity contribution in [1.29, 1.82) is 0 Å². The Hall–Kier alpha value is -1.12. The number of nitrogens with one attached hydrogen (secondary N) is 2. The van der Waals surface area contributed by atoms with Crippen LogP contribution >= 0.6 is 23.2 Å². The fourth-order valence-electron chi connectivity index (χ4n) is 1.79. The summed E-state index contributed by atoms with van der Waals surface area (Å²) in [6, 6.07) is 5.09. The molecule has 0 fully saturated rings. The SMILES string of the molecule is NCc1cn[nH]c1S(=O)(=O)NCCc1ccc(Cl)cc1Cl. The molecule has 0 saturated heterocycles. The van der Waals surface area contributed by atoms with Gasteiger partial charge in [0.25, 0.3) is 10.0 Å². The lowest BCUT2D eigenvalue weighted by atomic mass is 10.1. The Bertz CT molecular complexity index is 731. The van der Waals surface area contributed by atoms with Crippen LogP contribution < -0.4 is 10.5 Å². The lowest BCUT2D eigenvalue weighted by Gasteiger charge is -2.08. The van der Waals surface area contributed by atoms with E-state index < -0.39 is 10.0 Å². The average molecular weight is 349 g/mol. The molecule has 2 rings (SSSR count). The number of aromatic nitrogens is 2. The molecule has 9 heteroatoms. The number of sulfonamides is 1. The summed E-state index contributed by atoms with van der Waals surface area (Å²) in [6.45, 7) is 0.294. The Balaban J connectivity index is 2.02. The Labute approximate surface area is 132 Å². The highest BCUT2D eigenvalue weighted by atomic mass is 35.5. The number of hydrogen-bond donors (Lipinski definition) is 3. The molecular formula is C12H14Cl2N4O2S. The maximum Gasteiger partial charge on any atom is 0.257 e. The van der Waals surface area contributed by atoms with Crippen LogP contribution in [-0.4, -0.2) is 25.2 Å². The average Bonchev–Trinajstić information content (AvgIpc) is 2.90. The molecule has 6 nitrogen and oxygen atoms in total.